The van der Waals surface area contributed by atoms with Gasteiger partial charge in [0.25, 0.3) is 0 Å². The largest absolute Gasteiger partial charge is 0.394 e. The van der Waals surface area contributed by atoms with Gasteiger partial charge in [0.2, 0.25) is 0 Å². The number of aliphatic hydroxyl groups is 3. The minimum Gasteiger partial charge on any atom is -0.394 e. The molecule has 3 N–H and O–H groups in total. The zero-order valence-corrected chi connectivity index (χ0v) is 14.5. The number of aliphatic hydroxyl groups excluding tert-OH is 3. The lowest BCUT2D eigenvalue weighted by Crippen LogP contribution is -2.36. The first kappa shape index (κ1) is 19.8. The van der Waals surface area contributed by atoms with Crippen LogP contribution in [0.3, 0.4) is 0 Å². The summed E-state index contributed by atoms with van der Waals surface area (Å²) in [6, 6.07) is 0. The van der Waals surface area contributed by atoms with E-state index in [0.717, 1.165) is 25.7 Å². The Bertz CT molecular complexity index is 302. The Labute approximate surface area is 134 Å². The molecule has 5 unspecified atom stereocenters. The van der Waals surface area contributed by atoms with Crippen LogP contribution in [-0.2, 0) is 9.47 Å². The molecule has 0 aromatic rings. The van der Waals surface area contributed by atoms with Crippen molar-refractivity contribution < 1.29 is 24.8 Å². The molecule has 5 atom stereocenters. The molecule has 1 saturated heterocycles. The van der Waals surface area contributed by atoms with Crippen LogP contribution in [0.5, 0.6) is 0 Å². The van der Waals surface area contributed by atoms with Crippen LogP contribution < -0.4 is 0 Å². The molecule has 1 rings (SSSR count). The van der Waals surface area contributed by atoms with E-state index in [1.165, 1.54) is 0 Å². The summed E-state index contributed by atoms with van der Waals surface area (Å²) >= 11 is 0. The molecule has 22 heavy (non-hydrogen) atoms. The zero-order chi connectivity index (χ0) is 16.8. The van der Waals surface area contributed by atoms with Crippen LogP contribution in [0.25, 0.3) is 0 Å². The van der Waals surface area contributed by atoms with Crippen LogP contribution in [0.4, 0.5) is 0 Å². The first-order chi connectivity index (χ1) is 10.3. The van der Waals surface area contributed by atoms with Crippen LogP contribution in [0.2, 0.25) is 0 Å². The lowest BCUT2D eigenvalue weighted by molar-refractivity contribution is -0.117. The molecule has 1 fully saturated rings. The van der Waals surface area contributed by atoms with Gasteiger partial charge in [-0.3, -0.25) is 0 Å². The second-order valence-electron chi connectivity index (χ2n) is 7.47. The van der Waals surface area contributed by atoms with Gasteiger partial charge >= 0.3 is 0 Å². The summed E-state index contributed by atoms with van der Waals surface area (Å²) in [6.45, 7) is 8.13. The summed E-state index contributed by atoms with van der Waals surface area (Å²) in [6.07, 6.45) is 2.86. The maximum absolute atomic E-state index is 10.3. The van der Waals surface area contributed by atoms with Gasteiger partial charge in [0, 0.05) is 6.42 Å². The predicted molar refractivity (Wildman–Crippen MR) is 85.7 cm³/mol. The van der Waals surface area contributed by atoms with Crippen molar-refractivity contribution in [2.24, 2.45) is 5.41 Å². The quantitative estimate of drug-likeness (QED) is 0.566. The van der Waals surface area contributed by atoms with Gasteiger partial charge in [0.15, 0.2) is 0 Å². The van der Waals surface area contributed by atoms with Gasteiger partial charge in [-0.05, 0) is 11.8 Å². The molecule has 0 amide bonds. The van der Waals surface area contributed by atoms with Crippen molar-refractivity contribution in [3.63, 3.8) is 0 Å². The van der Waals surface area contributed by atoms with E-state index in [1.54, 1.807) is 0 Å². The Hall–Kier alpha value is -0.200. The molecule has 132 valence electrons. The second-order valence-corrected chi connectivity index (χ2v) is 7.47. The number of unbranched alkanes of at least 4 members (excludes halogenated alkanes) is 2. The Balaban J connectivity index is 2.61. The standard InChI is InChI=1S/C17H34O5/c1-5-6-7-8-14(21-11-12(19)10-18)15-9-13(20)16(22-15)17(2,3)4/h12-16,18-20H,5-11H2,1-4H3. The Kier molecular flexibility index (Phi) is 8.28. The first-order valence-corrected chi connectivity index (χ1v) is 8.53. The lowest BCUT2D eigenvalue weighted by atomic mass is 9.86. The zero-order valence-electron chi connectivity index (χ0n) is 14.5. The van der Waals surface area contributed by atoms with Gasteiger partial charge in [-0.25, -0.2) is 0 Å². The number of rotatable bonds is 9. The minimum atomic E-state index is -0.863. The molecule has 0 aromatic carbocycles. The summed E-state index contributed by atoms with van der Waals surface area (Å²) in [7, 11) is 0. The van der Waals surface area contributed by atoms with Crippen LogP contribution in [0, 0.1) is 5.41 Å². The Morgan fingerprint density at radius 3 is 2.45 bits per heavy atom. The molecule has 1 heterocycles. The van der Waals surface area contributed by atoms with E-state index in [9.17, 15) is 10.2 Å². The molecule has 0 radical (unpaired) electrons. The van der Waals surface area contributed by atoms with Gasteiger partial charge in [-0.2, -0.15) is 0 Å². The van der Waals surface area contributed by atoms with Crippen molar-refractivity contribution in [3.8, 4) is 0 Å². The van der Waals surface area contributed by atoms with E-state index in [1.807, 2.05) is 0 Å². The van der Waals surface area contributed by atoms with Crippen molar-refractivity contribution in [3.05, 3.63) is 0 Å². The Morgan fingerprint density at radius 2 is 1.95 bits per heavy atom. The summed E-state index contributed by atoms with van der Waals surface area (Å²) in [5, 5.41) is 28.7. The highest BCUT2D eigenvalue weighted by Crippen LogP contribution is 2.36. The third-order valence-corrected chi connectivity index (χ3v) is 4.22. The third-order valence-electron chi connectivity index (χ3n) is 4.22. The number of ether oxygens (including phenoxy) is 2. The van der Waals surface area contributed by atoms with Crippen LogP contribution in [-0.4, -0.2) is 59.1 Å². The predicted octanol–water partition coefficient (Wildman–Crippen LogP) is 1.87. The third kappa shape index (κ3) is 6.13. The Morgan fingerprint density at radius 1 is 1.27 bits per heavy atom. The van der Waals surface area contributed by atoms with Crippen LogP contribution in [0.15, 0.2) is 0 Å². The van der Waals surface area contributed by atoms with Gasteiger partial charge in [0.1, 0.15) is 6.10 Å². The SMILES string of the molecule is CCCCCC(OCC(O)CO)C1CC(O)C(C(C)(C)C)O1. The van der Waals surface area contributed by atoms with Crippen LogP contribution >= 0.6 is 0 Å². The maximum atomic E-state index is 10.3. The average Bonchev–Trinajstić information content (AvgIpc) is 2.84. The van der Waals surface area contributed by atoms with E-state index in [-0.39, 0.29) is 36.9 Å². The molecule has 0 aromatic heterocycles. The highest BCUT2D eigenvalue weighted by molar-refractivity contribution is 4.92. The highest BCUT2D eigenvalue weighted by atomic mass is 16.6. The maximum Gasteiger partial charge on any atom is 0.100 e. The normalized spacial score (nSPS) is 28.8. The van der Waals surface area contributed by atoms with E-state index >= 15 is 0 Å². The lowest BCUT2D eigenvalue weighted by Gasteiger charge is -2.30. The molecule has 1 aliphatic heterocycles. The van der Waals surface area contributed by atoms with Crippen molar-refractivity contribution in [1.29, 1.82) is 0 Å². The molecule has 1 aliphatic rings. The summed E-state index contributed by atoms with van der Waals surface area (Å²) in [5.41, 5.74) is -0.118. The summed E-state index contributed by atoms with van der Waals surface area (Å²) in [5.74, 6) is 0. The highest BCUT2D eigenvalue weighted by Gasteiger charge is 2.43. The smallest absolute Gasteiger partial charge is 0.100 e. The fourth-order valence-electron chi connectivity index (χ4n) is 2.98. The molecule has 0 bridgehead atoms. The molecule has 5 heteroatoms. The van der Waals surface area contributed by atoms with Crippen molar-refractivity contribution in [1.82, 2.24) is 0 Å². The topological polar surface area (TPSA) is 79.2 Å². The molecular formula is C17H34O5. The van der Waals surface area contributed by atoms with Crippen LogP contribution in [0.1, 0.15) is 59.8 Å². The number of hydrogen-bond donors (Lipinski definition) is 3. The minimum absolute atomic E-state index is 0.101. The molecule has 0 aliphatic carbocycles. The van der Waals surface area contributed by atoms with E-state index in [4.69, 9.17) is 14.6 Å². The number of hydrogen-bond acceptors (Lipinski definition) is 5. The first-order valence-electron chi connectivity index (χ1n) is 8.53. The van der Waals surface area contributed by atoms with Gasteiger partial charge in [-0.1, -0.05) is 47.0 Å². The van der Waals surface area contributed by atoms with Crippen molar-refractivity contribution >= 4 is 0 Å². The fraction of sp³-hybridized carbons (Fsp3) is 1.00. The van der Waals surface area contributed by atoms with Crippen molar-refractivity contribution in [2.75, 3.05) is 13.2 Å². The molecule has 5 nitrogen and oxygen atoms in total. The molecule has 0 spiro atoms. The van der Waals surface area contributed by atoms with Crippen molar-refractivity contribution in [2.45, 2.75) is 90.3 Å². The van der Waals surface area contributed by atoms with Gasteiger partial charge < -0.3 is 24.8 Å². The van der Waals surface area contributed by atoms with E-state index in [2.05, 4.69) is 27.7 Å². The monoisotopic (exact) mass is 318 g/mol. The van der Waals surface area contributed by atoms with E-state index in [0.29, 0.717) is 6.42 Å². The fourth-order valence-corrected chi connectivity index (χ4v) is 2.98. The van der Waals surface area contributed by atoms with E-state index < -0.39 is 12.2 Å². The van der Waals surface area contributed by atoms with Gasteiger partial charge in [0.05, 0.1) is 37.6 Å². The van der Waals surface area contributed by atoms with Gasteiger partial charge in [-0.15, -0.1) is 0 Å². The second kappa shape index (κ2) is 9.18. The summed E-state index contributed by atoms with van der Waals surface area (Å²) < 4.78 is 11.9. The summed E-state index contributed by atoms with van der Waals surface area (Å²) in [4.78, 5) is 0. The molecule has 0 saturated carbocycles. The molecular weight excluding hydrogens is 284 g/mol. The average molecular weight is 318 g/mol.